The van der Waals surface area contributed by atoms with Crippen molar-refractivity contribution in [3.63, 3.8) is 0 Å². The molecule has 0 radical (unpaired) electrons. The number of hydrogen-bond donors (Lipinski definition) is 2. The van der Waals surface area contributed by atoms with Crippen molar-refractivity contribution in [1.82, 2.24) is 20.1 Å². The first-order valence-corrected chi connectivity index (χ1v) is 6.67. The number of nitrogens with one attached hydrogen (secondary N) is 2. The molecular formula is C14H20N6O. The van der Waals surface area contributed by atoms with Crippen LogP contribution in [0.1, 0.15) is 0 Å². The molecule has 7 nitrogen and oxygen atoms in total. The van der Waals surface area contributed by atoms with E-state index in [1.807, 2.05) is 38.4 Å². The molecule has 1 aromatic carbocycles. The second-order valence-corrected chi connectivity index (χ2v) is 4.75. The summed E-state index contributed by atoms with van der Waals surface area (Å²) < 4.78 is 5.12. The third-order valence-corrected chi connectivity index (χ3v) is 2.77. The quantitative estimate of drug-likeness (QED) is 0.801. The van der Waals surface area contributed by atoms with Crippen LogP contribution in [0, 0.1) is 0 Å². The molecule has 112 valence electrons. The molecule has 0 fully saturated rings. The van der Waals surface area contributed by atoms with E-state index in [0.29, 0.717) is 11.8 Å². The van der Waals surface area contributed by atoms with Crippen molar-refractivity contribution in [1.29, 1.82) is 0 Å². The number of aromatic nitrogens is 3. The van der Waals surface area contributed by atoms with E-state index in [1.54, 1.807) is 13.3 Å². The molecule has 0 aliphatic rings. The lowest BCUT2D eigenvalue weighted by Gasteiger charge is -2.11. The summed E-state index contributed by atoms with van der Waals surface area (Å²) >= 11 is 0. The molecule has 0 amide bonds. The van der Waals surface area contributed by atoms with E-state index in [4.69, 9.17) is 4.74 Å². The zero-order valence-electron chi connectivity index (χ0n) is 12.5. The van der Waals surface area contributed by atoms with Crippen LogP contribution in [0.5, 0.6) is 5.75 Å². The summed E-state index contributed by atoms with van der Waals surface area (Å²) in [4.78, 5) is 6.46. The molecule has 1 heterocycles. The first-order valence-electron chi connectivity index (χ1n) is 6.67. The zero-order chi connectivity index (χ0) is 15.1. The van der Waals surface area contributed by atoms with Crippen LogP contribution in [0.4, 0.5) is 17.5 Å². The van der Waals surface area contributed by atoms with Crippen LogP contribution in [-0.4, -0.2) is 54.4 Å². The minimum Gasteiger partial charge on any atom is -0.497 e. The molecule has 0 aliphatic carbocycles. The fourth-order valence-corrected chi connectivity index (χ4v) is 1.65. The molecule has 0 unspecified atom stereocenters. The smallest absolute Gasteiger partial charge is 0.249 e. The normalized spacial score (nSPS) is 10.5. The van der Waals surface area contributed by atoms with Gasteiger partial charge < -0.3 is 20.3 Å². The van der Waals surface area contributed by atoms with E-state index in [0.717, 1.165) is 24.5 Å². The van der Waals surface area contributed by atoms with E-state index in [1.165, 1.54) is 0 Å². The second kappa shape index (κ2) is 7.39. The van der Waals surface area contributed by atoms with Gasteiger partial charge in [0, 0.05) is 18.8 Å². The van der Waals surface area contributed by atoms with E-state index >= 15 is 0 Å². The zero-order valence-corrected chi connectivity index (χ0v) is 12.5. The summed E-state index contributed by atoms with van der Waals surface area (Å²) in [6.45, 7) is 1.72. The number of nitrogens with zero attached hydrogens (tertiary/aromatic N) is 4. The van der Waals surface area contributed by atoms with Gasteiger partial charge in [-0.1, -0.05) is 0 Å². The lowest BCUT2D eigenvalue weighted by molar-refractivity contribution is 0.415. The lowest BCUT2D eigenvalue weighted by Crippen LogP contribution is -2.21. The highest BCUT2D eigenvalue weighted by atomic mass is 16.5. The van der Waals surface area contributed by atoms with E-state index < -0.39 is 0 Å². The van der Waals surface area contributed by atoms with Crippen LogP contribution in [0.25, 0.3) is 0 Å². The highest BCUT2D eigenvalue weighted by Gasteiger charge is 2.02. The van der Waals surface area contributed by atoms with Crippen molar-refractivity contribution in [3.05, 3.63) is 30.5 Å². The number of ether oxygens (including phenoxy) is 1. The monoisotopic (exact) mass is 288 g/mol. The SMILES string of the molecule is COc1ccc(Nc2nncc(NCCN(C)C)n2)cc1. The van der Waals surface area contributed by atoms with Gasteiger partial charge in [-0.3, -0.25) is 0 Å². The minimum atomic E-state index is 0.454. The average molecular weight is 288 g/mol. The van der Waals surface area contributed by atoms with Crippen molar-refractivity contribution in [3.8, 4) is 5.75 Å². The number of methoxy groups -OCH3 is 1. The van der Waals surface area contributed by atoms with Gasteiger partial charge in [0.15, 0.2) is 5.82 Å². The van der Waals surface area contributed by atoms with Gasteiger partial charge in [-0.25, -0.2) is 0 Å². The van der Waals surface area contributed by atoms with Crippen LogP contribution in [0.3, 0.4) is 0 Å². The standard InChI is InChI=1S/C14H20N6O/c1-20(2)9-8-15-13-10-16-19-14(18-13)17-11-4-6-12(21-3)7-5-11/h4-7,10H,8-9H2,1-3H3,(H2,15,17,18,19). The third-order valence-electron chi connectivity index (χ3n) is 2.77. The van der Waals surface area contributed by atoms with Gasteiger partial charge in [0.2, 0.25) is 5.95 Å². The Hall–Kier alpha value is -2.41. The van der Waals surface area contributed by atoms with E-state index in [-0.39, 0.29) is 0 Å². The molecular weight excluding hydrogens is 268 g/mol. The predicted molar refractivity (Wildman–Crippen MR) is 83.1 cm³/mol. The molecule has 0 aliphatic heterocycles. The van der Waals surface area contributed by atoms with Gasteiger partial charge in [0.1, 0.15) is 5.75 Å². The van der Waals surface area contributed by atoms with Crippen LogP contribution in [-0.2, 0) is 0 Å². The summed E-state index contributed by atoms with van der Waals surface area (Å²) in [5.41, 5.74) is 0.878. The molecule has 0 saturated carbocycles. The maximum atomic E-state index is 5.12. The Balaban J connectivity index is 1.96. The highest BCUT2D eigenvalue weighted by Crippen LogP contribution is 2.17. The van der Waals surface area contributed by atoms with Crippen molar-refractivity contribution in [2.45, 2.75) is 0 Å². The second-order valence-electron chi connectivity index (χ2n) is 4.75. The number of likely N-dealkylation sites (N-methyl/N-ethyl adjacent to an activating group) is 1. The van der Waals surface area contributed by atoms with E-state index in [9.17, 15) is 0 Å². The van der Waals surface area contributed by atoms with Gasteiger partial charge in [0.25, 0.3) is 0 Å². The molecule has 2 rings (SSSR count). The molecule has 2 N–H and O–H groups in total. The number of anilines is 3. The van der Waals surface area contributed by atoms with Crippen molar-refractivity contribution in [2.75, 3.05) is 44.9 Å². The topological polar surface area (TPSA) is 75.2 Å². The van der Waals surface area contributed by atoms with Crippen LogP contribution in [0.2, 0.25) is 0 Å². The Morgan fingerprint density at radius 1 is 1.19 bits per heavy atom. The van der Waals surface area contributed by atoms with Crippen LogP contribution >= 0.6 is 0 Å². The summed E-state index contributed by atoms with van der Waals surface area (Å²) in [7, 11) is 5.69. The molecule has 7 heteroatoms. The third kappa shape index (κ3) is 4.88. The molecule has 1 aromatic heterocycles. The van der Waals surface area contributed by atoms with Gasteiger partial charge in [-0.05, 0) is 38.4 Å². The highest BCUT2D eigenvalue weighted by molar-refractivity contribution is 5.55. The minimum absolute atomic E-state index is 0.454. The molecule has 0 atom stereocenters. The lowest BCUT2D eigenvalue weighted by atomic mass is 10.3. The van der Waals surface area contributed by atoms with Crippen LogP contribution in [0.15, 0.2) is 30.5 Å². The van der Waals surface area contributed by atoms with Gasteiger partial charge in [-0.15, -0.1) is 5.10 Å². The number of benzene rings is 1. The average Bonchev–Trinajstić information content (AvgIpc) is 2.48. The Bertz CT molecular complexity index is 558. The van der Waals surface area contributed by atoms with Gasteiger partial charge >= 0.3 is 0 Å². The fourth-order valence-electron chi connectivity index (χ4n) is 1.65. The Kier molecular flexibility index (Phi) is 5.28. The number of rotatable bonds is 7. The van der Waals surface area contributed by atoms with Crippen molar-refractivity contribution < 1.29 is 4.74 Å². The summed E-state index contributed by atoms with van der Waals surface area (Å²) in [6, 6.07) is 7.53. The molecule has 2 aromatic rings. The number of hydrogen-bond acceptors (Lipinski definition) is 7. The fraction of sp³-hybridized carbons (Fsp3) is 0.357. The molecule has 0 saturated heterocycles. The maximum absolute atomic E-state index is 5.12. The Morgan fingerprint density at radius 3 is 2.62 bits per heavy atom. The first kappa shape index (κ1) is 15.0. The van der Waals surface area contributed by atoms with Crippen molar-refractivity contribution in [2.24, 2.45) is 0 Å². The predicted octanol–water partition coefficient (Wildman–Crippen LogP) is 1.60. The molecule has 21 heavy (non-hydrogen) atoms. The van der Waals surface area contributed by atoms with Crippen LogP contribution < -0.4 is 15.4 Å². The summed E-state index contributed by atoms with van der Waals surface area (Å²) in [6.07, 6.45) is 1.61. The Labute approximate surface area is 124 Å². The first-order chi connectivity index (χ1) is 10.2. The van der Waals surface area contributed by atoms with Gasteiger partial charge in [0.05, 0.1) is 13.3 Å². The maximum Gasteiger partial charge on any atom is 0.249 e. The van der Waals surface area contributed by atoms with Crippen molar-refractivity contribution >= 4 is 17.5 Å². The largest absolute Gasteiger partial charge is 0.497 e. The molecule has 0 bridgehead atoms. The molecule has 0 spiro atoms. The van der Waals surface area contributed by atoms with E-state index in [2.05, 4.69) is 30.7 Å². The Morgan fingerprint density at radius 2 is 1.95 bits per heavy atom. The summed E-state index contributed by atoms with van der Waals surface area (Å²) in [5.74, 6) is 1.96. The van der Waals surface area contributed by atoms with Gasteiger partial charge in [-0.2, -0.15) is 10.1 Å². The summed E-state index contributed by atoms with van der Waals surface area (Å²) in [5, 5.41) is 14.2.